The van der Waals surface area contributed by atoms with Gasteiger partial charge in [-0.25, -0.2) is 0 Å². The van der Waals surface area contributed by atoms with E-state index in [1.165, 1.54) is 23.3 Å². The van der Waals surface area contributed by atoms with Crippen LogP contribution in [-0.4, -0.2) is 36.2 Å². The Bertz CT molecular complexity index is 558. The molecule has 2 aliphatic heterocycles. The van der Waals surface area contributed by atoms with Gasteiger partial charge in [0.1, 0.15) is 0 Å². The normalized spacial score (nSPS) is 24.9. The van der Waals surface area contributed by atoms with Crippen LogP contribution in [0, 0.1) is 5.92 Å². The van der Waals surface area contributed by atoms with Gasteiger partial charge in [-0.2, -0.15) is 0 Å². The summed E-state index contributed by atoms with van der Waals surface area (Å²) in [5.74, 6) is 1.89. The number of rotatable bonds is 3. The summed E-state index contributed by atoms with van der Waals surface area (Å²) in [7, 11) is 0. The maximum absolute atomic E-state index is 12.5. The van der Waals surface area contributed by atoms with Gasteiger partial charge in [0.2, 0.25) is 5.91 Å². The first-order chi connectivity index (χ1) is 11.1. The molecule has 0 spiro atoms. The lowest BCUT2D eigenvalue weighted by atomic mass is 9.95. The molecule has 2 atom stereocenters. The third kappa shape index (κ3) is 4.31. The SMILES string of the molecule is C[C@@H]1CSc2ccc(Br)cc2[C@@H]1NCC(=O)N1CCCCCC1. The molecule has 3 nitrogen and oxygen atoms in total. The molecular formula is C18H25BrN2OS. The Balaban J connectivity index is 1.65. The topological polar surface area (TPSA) is 32.3 Å². The van der Waals surface area contributed by atoms with Crippen LogP contribution < -0.4 is 5.32 Å². The van der Waals surface area contributed by atoms with Crippen molar-refractivity contribution < 1.29 is 4.79 Å². The van der Waals surface area contributed by atoms with Crippen LogP contribution in [0.15, 0.2) is 27.6 Å². The van der Waals surface area contributed by atoms with Crippen LogP contribution in [0.5, 0.6) is 0 Å². The zero-order valence-electron chi connectivity index (χ0n) is 13.7. The standard InChI is InChI=1S/C18H25BrN2OS/c1-13-12-23-16-7-6-14(19)10-15(16)18(13)20-11-17(22)21-8-4-2-3-5-9-21/h6-7,10,13,18,20H,2-5,8-9,11-12H2,1H3/t13-,18-/m1/s1. The third-order valence-electron chi connectivity index (χ3n) is 4.81. The Kier molecular flexibility index (Phi) is 6.05. The first kappa shape index (κ1) is 17.3. The highest BCUT2D eigenvalue weighted by Crippen LogP contribution is 2.40. The summed E-state index contributed by atoms with van der Waals surface area (Å²) in [5.41, 5.74) is 1.33. The summed E-state index contributed by atoms with van der Waals surface area (Å²) in [6.45, 7) is 4.58. The molecule has 0 unspecified atom stereocenters. The van der Waals surface area contributed by atoms with Crippen LogP contribution in [0.1, 0.15) is 44.2 Å². The summed E-state index contributed by atoms with van der Waals surface area (Å²) >= 11 is 5.50. The molecule has 1 aromatic carbocycles. The lowest BCUT2D eigenvalue weighted by Gasteiger charge is -2.32. The van der Waals surface area contributed by atoms with E-state index in [-0.39, 0.29) is 11.9 Å². The fraction of sp³-hybridized carbons (Fsp3) is 0.611. The molecule has 0 aromatic heterocycles. The number of halogens is 1. The van der Waals surface area contributed by atoms with Crippen LogP contribution in [0.2, 0.25) is 0 Å². The van der Waals surface area contributed by atoms with Crippen molar-refractivity contribution in [2.45, 2.75) is 43.5 Å². The van der Waals surface area contributed by atoms with Crippen molar-refractivity contribution in [2.75, 3.05) is 25.4 Å². The minimum atomic E-state index is 0.258. The second-order valence-electron chi connectivity index (χ2n) is 6.62. The number of benzene rings is 1. The van der Waals surface area contributed by atoms with E-state index in [0.717, 1.165) is 36.2 Å². The number of nitrogens with zero attached hydrogens (tertiary/aromatic N) is 1. The van der Waals surface area contributed by atoms with Crippen LogP contribution in [0.3, 0.4) is 0 Å². The number of hydrogen-bond acceptors (Lipinski definition) is 3. The Morgan fingerprint density at radius 2 is 2.04 bits per heavy atom. The quantitative estimate of drug-likeness (QED) is 0.829. The van der Waals surface area contributed by atoms with Gasteiger partial charge in [0.25, 0.3) is 0 Å². The van der Waals surface area contributed by atoms with Gasteiger partial charge in [-0.1, -0.05) is 35.7 Å². The molecule has 0 bridgehead atoms. The van der Waals surface area contributed by atoms with Crippen LogP contribution in [-0.2, 0) is 4.79 Å². The highest BCUT2D eigenvalue weighted by molar-refractivity contribution is 9.10. The molecule has 1 amide bonds. The van der Waals surface area contributed by atoms with Crippen molar-refractivity contribution >= 4 is 33.6 Å². The number of hydrogen-bond donors (Lipinski definition) is 1. The van der Waals surface area contributed by atoms with Gasteiger partial charge < -0.3 is 10.2 Å². The number of amides is 1. The van der Waals surface area contributed by atoms with E-state index in [2.05, 4.69) is 46.4 Å². The summed E-state index contributed by atoms with van der Waals surface area (Å²) in [4.78, 5) is 15.9. The van der Waals surface area contributed by atoms with E-state index in [0.29, 0.717) is 12.5 Å². The molecule has 0 aliphatic carbocycles. The van der Waals surface area contributed by atoms with Gasteiger partial charge in [-0.3, -0.25) is 4.79 Å². The second-order valence-corrected chi connectivity index (χ2v) is 8.60. The van der Waals surface area contributed by atoms with Gasteiger partial charge in [-0.05, 0) is 42.5 Å². The second kappa shape index (κ2) is 8.04. The molecule has 126 valence electrons. The largest absolute Gasteiger partial charge is 0.342 e. The molecule has 0 saturated carbocycles. The van der Waals surface area contributed by atoms with Crippen molar-refractivity contribution in [2.24, 2.45) is 5.92 Å². The van der Waals surface area contributed by atoms with Crippen molar-refractivity contribution in [1.29, 1.82) is 0 Å². The van der Waals surface area contributed by atoms with Gasteiger partial charge in [0.15, 0.2) is 0 Å². The predicted molar refractivity (Wildman–Crippen MR) is 99.8 cm³/mol. The maximum atomic E-state index is 12.5. The molecule has 2 heterocycles. The number of likely N-dealkylation sites (tertiary alicyclic amines) is 1. The molecule has 5 heteroatoms. The molecule has 1 fully saturated rings. The number of fused-ring (bicyclic) bond motifs is 1. The van der Waals surface area contributed by atoms with Crippen LogP contribution in [0.4, 0.5) is 0 Å². The molecule has 1 saturated heterocycles. The molecule has 3 rings (SSSR count). The number of thioether (sulfide) groups is 1. The molecular weight excluding hydrogens is 372 g/mol. The van der Waals surface area contributed by atoms with Crippen molar-refractivity contribution in [3.8, 4) is 0 Å². The number of nitrogens with one attached hydrogen (secondary N) is 1. The first-order valence-corrected chi connectivity index (χ1v) is 10.4. The van der Waals surface area contributed by atoms with E-state index in [9.17, 15) is 4.79 Å². The summed E-state index contributed by atoms with van der Waals surface area (Å²) in [6, 6.07) is 6.74. The molecule has 0 radical (unpaired) electrons. The fourth-order valence-corrected chi connectivity index (χ4v) is 4.99. The molecule has 1 N–H and O–H groups in total. The Labute approximate surface area is 151 Å². The summed E-state index contributed by atoms with van der Waals surface area (Å²) in [6.07, 6.45) is 4.82. The van der Waals surface area contributed by atoms with Gasteiger partial charge >= 0.3 is 0 Å². The maximum Gasteiger partial charge on any atom is 0.236 e. The van der Waals surface area contributed by atoms with Gasteiger partial charge in [0.05, 0.1) is 6.54 Å². The monoisotopic (exact) mass is 396 g/mol. The molecule has 2 aliphatic rings. The fourth-order valence-electron chi connectivity index (χ4n) is 3.46. The van der Waals surface area contributed by atoms with Crippen molar-refractivity contribution in [3.05, 3.63) is 28.2 Å². The predicted octanol–water partition coefficient (Wildman–Crippen LogP) is 4.22. The Morgan fingerprint density at radius 3 is 2.78 bits per heavy atom. The molecule has 1 aromatic rings. The van der Waals surface area contributed by atoms with E-state index < -0.39 is 0 Å². The van der Waals surface area contributed by atoms with Crippen molar-refractivity contribution in [3.63, 3.8) is 0 Å². The van der Waals surface area contributed by atoms with E-state index in [1.807, 2.05) is 16.7 Å². The van der Waals surface area contributed by atoms with Gasteiger partial charge in [-0.15, -0.1) is 11.8 Å². The number of carbonyl (C=O) groups is 1. The lowest BCUT2D eigenvalue weighted by Crippen LogP contribution is -2.41. The lowest BCUT2D eigenvalue weighted by molar-refractivity contribution is -0.130. The minimum Gasteiger partial charge on any atom is -0.342 e. The van der Waals surface area contributed by atoms with Crippen LogP contribution >= 0.6 is 27.7 Å². The van der Waals surface area contributed by atoms with Gasteiger partial charge in [0, 0.05) is 34.3 Å². The van der Waals surface area contributed by atoms with E-state index >= 15 is 0 Å². The zero-order chi connectivity index (χ0) is 16.2. The van der Waals surface area contributed by atoms with E-state index in [1.54, 1.807) is 0 Å². The third-order valence-corrected chi connectivity index (χ3v) is 6.68. The Hall–Kier alpha value is -0.520. The number of carbonyl (C=O) groups excluding carboxylic acids is 1. The highest BCUT2D eigenvalue weighted by Gasteiger charge is 2.28. The van der Waals surface area contributed by atoms with Crippen LogP contribution in [0.25, 0.3) is 0 Å². The smallest absolute Gasteiger partial charge is 0.236 e. The molecule has 23 heavy (non-hydrogen) atoms. The summed E-state index contributed by atoms with van der Waals surface area (Å²) in [5, 5.41) is 3.55. The first-order valence-electron chi connectivity index (χ1n) is 8.58. The van der Waals surface area contributed by atoms with Crippen molar-refractivity contribution in [1.82, 2.24) is 10.2 Å². The summed E-state index contributed by atoms with van der Waals surface area (Å²) < 4.78 is 1.11. The average molecular weight is 397 g/mol. The Morgan fingerprint density at radius 1 is 1.30 bits per heavy atom. The van der Waals surface area contributed by atoms with E-state index in [4.69, 9.17) is 0 Å². The highest BCUT2D eigenvalue weighted by atomic mass is 79.9. The average Bonchev–Trinajstić information content (AvgIpc) is 2.83. The zero-order valence-corrected chi connectivity index (χ0v) is 16.1. The minimum absolute atomic E-state index is 0.258.